The predicted octanol–water partition coefficient (Wildman–Crippen LogP) is 3.47. The van der Waals surface area contributed by atoms with Crippen LogP contribution < -0.4 is 4.90 Å². The fraction of sp³-hybridized carbons (Fsp3) is 0.500. The van der Waals surface area contributed by atoms with E-state index in [4.69, 9.17) is 9.47 Å². The van der Waals surface area contributed by atoms with Crippen molar-refractivity contribution in [2.24, 2.45) is 11.8 Å². The van der Waals surface area contributed by atoms with Gasteiger partial charge >= 0.3 is 5.97 Å². The first kappa shape index (κ1) is 17.7. The molecule has 3 heterocycles. The molecule has 0 radical (unpaired) electrons. The zero-order valence-electron chi connectivity index (χ0n) is 14.7. The van der Waals surface area contributed by atoms with Crippen molar-refractivity contribution in [1.29, 1.82) is 0 Å². The van der Waals surface area contributed by atoms with Gasteiger partial charge in [-0.1, -0.05) is 44.1 Å². The minimum atomic E-state index is -0.718. The first-order valence-corrected chi connectivity index (χ1v) is 9.96. The number of hydrogen-bond donors (Lipinski definition) is 0. The number of carbonyl (C=O) groups is 2. The van der Waals surface area contributed by atoms with E-state index in [-0.39, 0.29) is 18.0 Å². The number of halogens is 1. The number of fused-ring (bicyclic) bond motifs is 1. The quantitative estimate of drug-likeness (QED) is 0.402. The van der Waals surface area contributed by atoms with Gasteiger partial charge in [-0.3, -0.25) is 9.59 Å². The average Bonchev–Trinajstić information content (AvgIpc) is 3.27. The van der Waals surface area contributed by atoms with Crippen LogP contribution in [0.5, 0.6) is 0 Å². The third-order valence-corrected chi connectivity index (χ3v) is 6.18. The molecule has 26 heavy (non-hydrogen) atoms. The topological polar surface area (TPSA) is 55.8 Å². The van der Waals surface area contributed by atoms with Crippen molar-refractivity contribution in [3.05, 3.63) is 40.9 Å². The van der Waals surface area contributed by atoms with Crippen LogP contribution in [-0.4, -0.2) is 36.7 Å². The molecule has 1 aromatic carbocycles. The van der Waals surface area contributed by atoms with Gasteiger partial charge in [-0.15, -0.1) is 0 Å². The summed E-state index contributed by atoms with van der Waals surface area (Å²) in [4.78, 5) is 27.6. The summed E-state index contributed by atoms with van der Waals surface area (Å²) in [6.45, 7) is 2.93. The van der Waals surface area contributed by atoms with Crippen LogP contribution >= 0.6 is 15.9 Å². The summed E-state index contributed by atoms with van der Waals surface area (Å²) >= 11 is 3.51. The standard InChI is InChI=1S/C20H22BrNO4/c1-2-3-6-11-25-19(24)16-15-9-10-20(26-15)12-22(18(23)17(16)20)14-8-5-4-7-13(14)21/h4-5,7-10,15-17H,2-3,6,11-12H2,1H3/t15-,16+,17-,20+/m0/s1. The van der Waals surface area contributed by atoms with Gasteiger partial charge in [0.15, 0.2) is 0 Å². The van der Waals surface area contributed by atoms with E-state index in [1.54, 1.807) is 4.90 Å². The first-order chi connectivity index (χ1) is 12.6. The van der Waals surface area contributed by atoms with Crippen LogP contribution in [0.15, 0.2) is 40.9 Å². The second kappa shape index (κ2) is 6.82. The summed E-state index contributed by atoms with van der Waals surface area (Å²) in [7, 11) is 0. The number of unbranched alkanes of at least 4 members (excludes halogenated alkanes) is 2. The van der Waals surface area contributed by atoms with Gasteiger partial charge in [0, 0.05) is 4.47 Å². The summed E-state index contributed by atoms with van der Waals surface area (Å²) in [5.41, 5.74) is 0.0845. The van der Waals surface area contributed by atoms with Crippen molar-refractivity contribution < 1.29 is 19.1 Å². The van der Waals surface area contributed by atoms with Crippen LogP contribution in [0.1, 0.15) is 26.2 Å². The van der Waals surface area contributed by atoms with E-state index in [2.05, 4.69) is 22.9 Å². The number of esters is 1. The molecule has 4 rings (SSSR count). The number of anilines is 1. The maximum absolute atomic E-state index is 13.2. The van der Waals surface area contributed by atoms with Gasteiger partial charge in [-0.2, -0.15) is 0 Å². The maximum Gasteiger partial charge on any atom is 0.312 e. The van der Waals surface area contributed by atoms with E-state index in [0.29, 0.717) is 13.2 Å². The smallest absolute Gasteiger partial charge is 0.312 e. The lowest BCUT2D eigenvalue weighted by Gasteiger charge is -2.22. The molecule has 3 aliphatic rings. The normalized spacial score (nSPS) is 31.5. The van der Waals surface area contributed by atoms with Gasteiger partial charge in [0.1, 0.15) is 11.5 Å². The van der Waals surface area contributed by atoms with E-state index in [1.807, 2.05) is 36.4 Å². The molecule has 0 aromatic heterocycles. The minimum Gasteiger partial charge on any atom is -0.465 e. The molecule has 0 N–H and O–H groups in total. The number of para-hydroxylation sites is 1. The average molecular weight is 420 g/mol. The third-order valence-electron chi connectivity index (χ3n) is 5.51. The zero-order chi connectivity index (χ0) is 18.3. The molecule has 0 unspecified atom stereocenters. The SMILES string of the molecule is CCCCCOC(=O)[C@@H]1[C@@H]2C=C[C@]3(CN(c4ccccc4Br)C(=O)[C@H]13)O2. The Balaban J connectivity index is 1.56. The molecule has 1 amide bonds. The van der Waals surface area contributed by atoms with Crippen molar-refractivity contribution in [1.82, 2.24) is 0 Å². The fourth-order valence-electron chi connectivity index (χ4n) is 4.26. The van der Waals surface area contributed by atoms with Crippen molar-refractivity contribution in [2.75, 3.05) is 18.1 Å². The van der Waals surface area contributed by atoms with E-state index >= 15 is 0 Å². The molecule has 2 saturated heterocycles. The Hall–Kier alpha value is -1.66. The number of amides is 1. The van der Waals surface area contributed by atoms with Crippen molar-refractivity contribution in [3.8, 4) is 0 Å². The van der Waals surface area contributed by atoms with Gasteiger partial charge < -0.3 is 14.4 Å². The number of nitrogens with zero attached hydrogens (tertiary/aromatic N) is 1. The number of rotatable bonds is 6. The molecular weight excluding hydrogens is 398 g/mol. The summed E-state index contributed by atoms with van der Waals surface area (Å²) < 4.78 is 12.4. The number of hydrogen-bond acceptors (Lipinski definition) is 4. The first-order valence-electron chi connectivity index (χ1n) is 9.17. The van der Waals surface area contributed by atoms with E-state index < -0.39 is 17.4 Å². The lowest BCUT2D eigenvalue weighted by molar-refractivity contribution is -0.152. The number of benzene rings is 1. The van der Waals surface area contributed by atoms with Gasteiger partial charge in [0.25, 0.3) is 0 Å². The highest BCUT2D eigenvalue weighted by Crippen LogP contribution is 2.53. The van der Waals surface area contributed by atoms with Gasteiger partial charge in [0.2, 0.25) is 5.91 Å². The van der Waals surface area contributed by atoms with Gasteiger partial charge in [-0.05, 0) is 34.5 Å². The Morgan fingerprint density at radius 1 is 1.38 bits per heavy atom. The predicted molar refractivity (Wildman–Crippen MR) is 101 cm³/mol. The summed E-state index contributed by atoms with van der Waals surface area (Å²) in [6, 6.07) is 7.61. The molecule has 0 saturated carbocycles. The fourth-order valence-corrected chi connectivity index (χ4v) is 4.76. The number of carbonyl (C=O) groups excluding carboxylic acids is 2. The lowest BCUT2D eigenvalue weighted by Crippen LogP contribution is -2.40. The molecule has 0 aliphatic carbocycles. The highest BCUT2D eigenvalue weighted by atomic mass is 79.9. The second-order valence-corrected chi connectivity index (χ2v) is 8.00. The van der Waals surface area contributed by atoms with Crippen LogP contribution in [0.4, 0.5) is 5.69 Å². The minimum absolute atomic E-state index is 0.0701. The van der Waals surface area contributed by atoms with Crippen LogP contribution in [0.2, 0.25) is 0 Å². The monoisotopic (exact) mass is 419 g/mol. The molecule has 5 nitrogen and oxygen atoms in total. The summed E-state index contributed by atoms with van der Waals surface area (Å²) in [5.74, 6) is -1.45. The van der Waals surface area contributed by atoms with Gasteiger partial charge in [0.05, 0.1) is 30.9 Å². The Bertz CT molecular complexity index is 764. The van der Waals surface area contributed by atoms with Crippen molar-refractivity contribution in [3.63, 3.8) is 0 Å². The molecule has 1 spiro atoms. The maximum atomic E-state index is 13.2. The molecule has 6 heteroatoms. The molecule has 3 aliphatic heterocycles. The third kappa shape index (κ3) is 2.70. The largest absolute Gasteiger partial charge is 0.465 e. The van der Waals surface area contributed by atoms with Crippen molar-refractivity contribution >= 4 is 33.5 Å². The van der Waals surface area contributed by atoms with E-state index in [0.717, 1.165) is 29.4 Å². The van der Waals surface area contributed by atoms with Gasteiger partial charge in [-0.25, -0.2) is 0 Å². The zero-order valence-corrected chi connectivity index (χ0v) is 16.3. The van der Waals surface area contributed by atoms with Crippen LogP contribution in [0.25, 0.3) is 0 Å². The van der Waals surface area contributed by atoms with Crippen LogP contribution in [-0.2, 0) is 19.1 Å². The van der Waals surface area contributed by atoms with Crippen LogP contribution in [0, 0.1) is 11.8 Å². The Morgan fingerprint density at radius 3 is 2.96 bits per heavy atom. The summed E-state index contributed by atoms with van der Waals surface area (Å²) in [6.07, 6.45) is 6.45. The van der Waals surface area contributed by atoms with E-state index in [1.165, 1.54) is 0 Å². The molecule has 138 valence electrons. The lowest BCUT2D eigenvalue weighted by atomic mass is 9.77. The Morgan fingerprint density at radius 2 is 2.19 bits per heavy atom. The highest BCUT2D eigenvalue weighted by molar-refractivity contribution is 9.10. The summed E-state index contributed by atoms with van der Waals surface area (Å²) in [5, 5.41) is 0. The van der Waals surface area contributed by atoms with Crippen LogP contribution in [0.3, 0.4) is 0 Å². The molecule has 2 bridgehead atoms. The second-order valence-electron chi connectivity index (χ2n) is 7.15. The molecule has 1 aromatic rings. The van der Waals surface area contributed by atoms with E-state index in [9.17, 15) is 9.59 Å². The number of ether oxygens (including phenoxy) is 2. The van der Waals surface area contributed by atoms with Crippen molar-refractivity contribution in [2.45, 2.75) is 37.9 Å². The molecule has 2 fully saturated rings. The highest BCUT2D eigenvalue weighted by Gasteiger charge is 2.67. The Kier molecular flexibility index (Phi) is 4.65. The Labute approximate surface area is 161 Å². The molecular formula is C20H22BrNO4. The molecule has 4 atom stereocenters.